The highest BCUT2D eigenvalue weighted by Crippen LogP contribution is 2.18. The maximum atomic E-state index is 11.9. The normalized spacial score (nSPS) is 14.8. The zero-order chi connectivity index (χ0) is 12.4. The first-order valence-electron chi connectivity index (χ1n) is 6.93. The van der Waals surface area contributed by atoms with Gasteiger partial charge >= 0.3 is 0 Å². The summed E-state index contributed by atoms with van der Waals surface area (Å²) in [6, 6.07) is -0.212. The molecule has 96 valence electrons. The van der Waals surface area contributed by atoms with Crippen molar-refractivity contribution in [1.29, 1.82) is 0 Å². The number of unbranched alkanes of at least 4 members (excludes halogenated alkanes) is 2. The van der Waals surface area contributed by atoms with Crippen LogP contribution < -0.4 is 5.73 Å². The smallest absolute Gasteiger partial charge is 0.149 e. The third-order valence-electron chi connectivity index (χ3n) is 3.32. The Morgan fingerprint density at radius 2 is 1.62 bits per heavy atom. The van der Waals surface area contributed by atoms with Crippen LogP contribution in [0, 0.1) is 5.92 Å². The first kappa shape index (κ1) is 15.6. The lowest BCUT2D eigenvalue weighted by molar-refractivity contribution is -0.121. The molecule has 0 aromatic rings. The van der Waals surface area contributed by atoms with E-state index in [2.05, 4.69) is 20.8 Å². The lowest BCUT2D eigenvalue weighted by atomic mass is 9.91. The Hall–Kier alpha value is -0.370. The Labute approximate surface area is 101 Å². The Bertz CT molecular complexity index is 180. The van der Waals surface area contributed by atoms with Crippen molar-refractivity contribution in [3.8, 4) is 0 Å². The van der Waals surface area contributed by atoms with Crippen molar-refractivity contribution < 1.29 is 4.79 Å². The lowest BCUT2D eigenvalue weighted by Gasteiger charge is -2.16. The van der Waals surface area contributed by atoms with Gasteiger partial charge in [0.05, 0.1) is 6.04 Å². The molecule has 0 aliphatic carbocycles. The molecule has 2 unspecified atom stereocenters. The second kappa shape index (κ2) is 9.83. The number of nitrogens with two attached hydrogens (primary N) is 1. The molecule has 0 spiro atoms. The molecule has 0 saturated heterocycles. The molecule has 0 aliphatic rings. The third-order valence-corrected chi connectivity index (χ3v) is 3.32. The van der Waals surface area contributed by atoms with E-state index < -0.39 is 0 Å². The van der Waals surface area contributed by atoms with Gasteiger partial charge < -0.3 is 5.73 Å². The molecule has 16 heavy (non-hydrogen) atoms. The molecular formula is C14H29NO. The summed E-state index contributed by atoms with van der Waals surface area (Å²) in [6.07, 6.45) is 8.47. The van der Waals surface area contributed by atoms with Crippen LogP contribution in [0.5, 0.6) is 0 Å². The van der Waals surface area contributed by atoms with Crippen molar-refractivity contribution in [1.82, 2.24) is 0 Å². The van der Waals surface area contributed by atoms with E-state index in [-0.39, 0.29) is 11.8 Å². The molecule has 0 fully saturated rings. The van der Waals surface area contributed by atoms with E-state index in [1.54, 1.807) is 0 Å². The van der Waals surface area contributed by atoms with Crippen LogP contribution in [-0.2, 0) is 4.79 Å². The standard InChI is InChI=1S/C14H29NO/c1-4-7-9-12(6-3)11-14(16)13(15)10-8-5-2/h12-13H,4-11,15H2,1-3H3. The highest BCUT2D eigenvalue weighted by molar-refractivity contribution is 5.83. The number of ketones is 1. The van der Waals surface area contributed by atoms with Gasteiger partial charge in [0, 0.05) is 6.42 Å². The zero-order valence-corrected chi connectivity index (χ0v) is 11.3. The topological polar surface area (TPSA) is 43.1 Å². The summed E-state index contributed by atoms with van der Waals surface area (Å²) in [5.41, 5.74) is 5.89. The monoisotopic (exact) mass is 227 g/mol. The minimum Gasteiger partial charge on any atom is -0.322 e. The van der Waals surface area contributed by atoms with Crippen LogP contribution in [0.15, 0.2) is 0 Å². The average Bonchev–Trinajstić information content (AvgIpc) is 2.30. The van der Waals surface area contributed by atoms with Crippen molar-refractivity contribution in [2.45, 2.75) is 78.2 Å². The van der Waals surface area contributed by atoms with Gasteiger partial charge in [-0.15, -0.1) is 0 Å². The van der Waals surface area contributed by atoms with E-state index >= 15 is 0 Å². The maximum absolute atomic E-state index is 11.9. The van der Waals surface area contributed by atoms with Crippen molar-refractivity contribution in [3.05, 3.63) is 0 Å². The van der Waals surface area contributed by atoms with Crippen LogP contribution in [0.4, 0.5) is 0 Å². The molecule has 0 amide bonds. The quantitative estimate of drug-likeness (QED) is 0.618. The van der Waals surface area contributed by atoms with Crippen LogP contribution in [0.25, 0.3) is 0 Å². The predicted molar refractivity (Wildman–Crippen MR) is 70.4 cm³/mol. The summed E-state index contributed by atoms with van der Waals surface area (Å²) >= 11 is 0. The fraction of sp³-hybridized carbons (Fsp3) is 0.929. The van der Waals surface area contributed by atoms with Crippen LogP contribution in [0.3, 0.4) is 0 Å². The first-order chi connectivity index (χ1) is 7.65. The largest absolute Gasteiger partial charge is 0.322 e. The van der Waals surface area contributed by atoms with Gasteiger partial charge in [0.2, 0.25) is 0 Å². The Balaban J connectivity index is 3.88. The van der Waals surface area contributed by atoms with Crippen LogP contribution >= 0.6 is 0 Å². The zero-order valence-electron chi connectivity index (χ0n) is 11.3. The van der Waals surface area contributed by atoms with Crippen molar-refractivity contribution in [2.75, 3.05) is 0 Å². The van der Waals surface area contributed by atoms with Gasteiger partial charge in [-0.05, 0) is 12.3 Å². The van der Waals surface area contributed by atoms with Crippen molar-refractivity contribution in [2.24, 2.45) is 11.7 Å². The van der Waals surface area contributed by atoms with E-state index in [4.69, 9.17) is 5.73 Å². The molecule has 0 saturated carbocycles. The Morgan fingerprint density at radius 1 is 1.06 bits per heavy atom. The van der Waals surface area contributed by atoms with Gasteiger partial charge in [-0.2, -0.15) is 0 Å². The molecule has 2 heteroatoms. The summed E-state index contributed by atoms with van der Waals surface area (Å²) in [5.74, 6) is 0.830. The second-order valence-electron chi connectivity index (χ2n) is 4.84. The molecule has 2 N–H and O–H groups in total. The highest BCUT2D eigenvalue weighted by Gasteiger charge is 2.17. The van der Waals surface area contributed by atoms with Gasteiger partial charge in [0.15, 0.2) is 0 Å². The highest BCUT2D eigenvalue weighted by atomic mass is 16.1. The van der Waals surface area contributed by atoms with Crippen LogP contribution in [0.2, 0.25) is 0 Å². The van der Waals surface area contributed by atoms with Gasteiger partial charge in [0.1, 0.15) is 5.78 Å². The number of Topliss-reactive ketones (excluding diaryl/α,β-unsaturated/α-hetero) is 1. The molecule has 0 rings (SSSR count). The molecule has 0 bridgehead atoms. The van der Waals surface area contributed by atoms with Crippen molar-refractivity contribution >= 4 is 5.78 Å². The molecular weight excluding hydrogens is 198 g/mol. The fourth-order valence-corrected chi connectivity index (χ4v) is 1.96. The van der Waals surface area contributed by atoms with Gasteiger partial charge in [-0.25, -0.2) is 0 Å². The summed E-state index contributed by atoms with van der Waals surface area (Å²) < 4.78 is 0. The van der Waals surface area contributed by atoms with E-state index in [9.17, 15) is 4.79 Å². The summed E-state index contributed by atoms with van der Waals surface area (Å²) in [7, 11) is 0. The second-order valence-corrected chi connectivity index (χ2v) is 4.84. The SMILES string of the molecule is CCCCC(CC)CC(=O)C(N)CCCC. The van der Waals surface area contributed by atoms with E-state index in [1.807, 2.05) is 0 Å². The fourth-order valence-electron chi connectivity index (χ4n) is 1.96. The predicted octanol–water partition coefficient (Wildman–Crippen LogP) is 3.68. The molecule has 2 atom stereocenters. The van der Waals surface area contributed by atoms with E-state index in [1.165, 1.54) is 19.3 Å². The molecule has 0 heterocycles. The molecule has 0 aromatic carbocycles. The van der Waals surface area contributed by atoms with Crippen LogP contribution in [0.1, 0.15) is 72.1 Å². The van der Waals surface area contributed by atoms with E-state index in [0.717, 1.165) is 25.7 Å². The summed E-state index contributed by atoms with van der Waals surface area (Å²) in [4.78, 5) is 11.9. The molecule has 0 radical (unpaired) electrons. The Kier molecular flexibility index (Phi) is 9.60. The number of carbonyl (C=O) groups is 1. The number of carbonyl (C=O) groups excluding carboxylic acids is 1. The summed E-state index contributed by atoms with van der Waals surface area (Å²) in [5, 5.41) is 0. The first-order valence-corrected chi connectivity index (χ1v) is 6.93. The van der Waals surface area contributed by atoms with Crippen molar-refractivity contribution in [3.63, 3.8) is 0 Å². The minimum absolute atomic E-state index is 0.212. The Morgan fingerprint density at radius 3 is 2.12 bits per heavy atom. The molecule has 2 nitrogen and oxygen atoms in total. The van der Waals surface area contributed by atoms with Gasteiger partial charge in [-0.3, -0.25) is 4.79 Å². The van der Waals surface area contributed by atoms with Gasteiger partial charge in [0.25, 0.3) is 0 Å². The third kappa shape index (κ3) is 7.00. The maximum Gasteiger partial charge on any atom is 0.149 e. The molecule has 0 aromatic heterocycles. The summed E-state index contributed by atoms with van der Waals surface area (Å²) in [6.45, 7) is 6.50. The minimum atomic E-state index is -0.212. The number of rotatable bonds is 10. The number of hydrogen-bond donors (Lipinski definition) is 1. The van der Waals surface area contributed by atoms with Crippen LogP contribution in [-0.4, -0.2) is 11.8 Å². The lowest BCUT2D eigenvalue weighted by Crippen LogP contribution is -2.31. The van der Waals surface area contributed by atoms with Gasteiger partial charge in [-0.1, -0.05) is 59.3 Å². The molecule has 0 aliphatic heterocycles. The average molecular weight is 227 g/mol. The number of hydrogen-bond acceptors (Lipinski definition) is 2. The van der Waals surface area contributed by atoms with E-state index in [0.29, 0.717) is 12.3 Å².